The van der Waals surface area contributed by atoms with Crippen molar-refractivity contribution in [1.82, 2.24) is 15.1 Å². The first-order chi connectivity index (χ1) is 10.0. The highest BCUT2D eigenvalue weighted by Crippen LogP contribution is 2.12. The molecule has 0 aliphatic rings. The van der Waals surface area contributed by atoms with Crippen LogP contribution in [-0.2, 0) is 4.74 Å². The second kappa shape index (κ2) is 6.46. The lowest BCUT2D eigenvalue weighted by atomic mass is 10.2. The summed E-state index contributed by atoms with van der Waals surface area (Å²) >= 11 is 0. The number of aromatic nitrogens is 2. The minimum absolute atomic E-state index is 0.0376. The van der Waals surface area contributed by atoms with E-state index < -0.39 is 29.7 Å². The van der Waals surface area contributed by atoms with Gasteiger partial charge in [0, 0.05) is 12.6 Å². The lowest BCUT2D eigenvalue weighted by Gasteiger charge is -2.21. The monoisotopic (exact) mass is 313 g/mol. The third-order valence-electron chi connectivity index (χ3n) is 2.53. The number of carboxylic acid groups (broad SMARTS) is 2. The fourth-order valence-corrected chi connectivity index (χ4v) is 1.63. The second-order valence-corrected chi connectivity index (χ2v) is 5.70. The number of carboxylic acids is 2. The van der Waals surface area contributed by atoms with Crippen LogP contribution in [0.3, 0.4) is 0 Å². The van der Waals surface area contributed by atoms with Gasteiger partial charge in [0.25, 0.3) is 0 Å². The molecule has 1 unspecified atom stereocenters. The van der Waals surface area contributed by atoms with Crippen LogP contribution in [0.15, 0.2) is 6.07 Å². The van der Waals surface area contributed by atoms with Crippen molar-refractivity contribution in [1.29, 1.82) is 0 Å². The lowest BCUT2D eigenvalue weighted by molar-refractivity contribution is 0.0519. The molecule has 1 amide bonds. The minimum atomic E-state index is -1.33. The molecule has 0 bridgehead atoms. The van der Waals surface area contributed by atoms with Crippen molar-refractivity contribution in [2.75, 3.05) is 6.54 Å². The Kier molecular flexibility index (Phi) is 5.13. The summed E-state index contributed by atoms with van der Waals surface area (Å²) in [6.45, 7) is 6.78. The predicted molar refractivity (Wildman–Crippen MR) is 75.1 cm³/mol. The molecular formula is C13H19N3O6. The summed E-state index contributed by atoms with van der Waals surface area (Å²) in [7, 11) is 0. The number of carbonyl (C=O) groups is 3. The molecule has 9 nitrogen and oxygen atoms in total. The first-order valence-electron chi connectivity index (χ1n) is 6.54. The molecule has 0 spiro atoms. The van der Waals surface area contributed by atoms with E-state index in [4.69, 9.17) is 14.9 Å². The number of hydrogen-bond acceptors (Lipinski definition) is 5. The predicted octanol–water partition coefficient (Wildman–Crippen LogP) is 1.37. The van der Waals surface area contributed by atoms with Crippen LogP contribution in [0.5, 0.6) is 0 Å². The molecule has 0 saturated carbocycles. The Morgan fingerprint density at radius 2 is 1.91 bits per heavy atom. The summed E-state index contributed by atoms with van der Waals surface area (Å²) in [5.74, 6) is -2.63. The molecule has 0 fully saturated rings. The molecule has 0 aliphatic carbocycles. The van der Waals surface area contributed by atoms with Crippen LogP contribution in [0, 0.1) is 0 Å². The molecule has 1 aromatic rings. The summed E-state index contributed by atoms with van der Waals surface area (Å²) in [6, 6.07) is 0.404. The summed E-state index contributed by atoms with van der Waals surface area (Å²) in [4.78, 5) is 33.6. The van der Waals surface area contributed by atoms with E-state index in [1.807, 2.05) is 0 Å². The topological polar surface area (TPSA) is 131 Å². The van der Waals surface area contributed by atoms with Crippen LogP contribution in [0.2, 0.25) is 0 Å². The zero-order chi connectivity index (χ0) is 17.1. The maximum absolute atomic E-state index is 11.6. The molecule has 9 heteroatoms. The van der Waals surface area contributed by atoms with Crippen molar-refractivity contribution in [2.24, 2.45) is 0 Å². The van der Waals surface area contributed by atoms with E-state index in [9.17, 15) is 14.4 Å². The van der Waals surface area contributed by atoms with Gasteiger partial charge < -0.3 is 20.3 Å². The third kappa shape index (κ3) is 4.76. The van der Waals surface area contributed by atoms with E-state index in [0.29, 0.717) is 0 Å². The van der Waals surface area contributed by atoms with Crippen molar-refractivity contribution >= 4 is 18.0 Å². The normalized spacial score (nSPS) is 12.5. The van der Waals surface area contributed by atoms with E-state index in [-0.39, 0.29) is 17.9 Å². The molecular weight excluding hydrogens is 294 g/mol. The number of hydrogen-bond donors (Lipinski definition) is 3. The molecule has 22 heavy (non-hydrogen) atoms. The van der Waals surface area contributed by atoms with Gasteiger partial charge in [-0.25, -0.2) is 14.4 Å². The van der Waals surface area contributed by atoms with Crippen molar-refractivity contribution in [2.45, 2.75) is 39.3 Å². The van der Waals surface area contributed by atoms with E-state index in [1.54, 1.807) is 27.7 Å². The molecule has 0 aromatic carbocycles. The quantitative estimate of drug-likeness (QED) is 0.748. The van der Waals surface area contributed by atoms with Gasteiger partial charge in [-0.3, -0.25) is 4.68 Å². The zero-order valence-electron chi connectivity index (χ0n) is 12.8. The van der Waals surface area contributed by atoms with Gasteiger partial charge >= 0.3 is 18.0 Å². The Balaban J connectivity index is 2.81. The molecule has 1 atom stereocenters. The fourth-order valence-electron chi connectivity index (χ4n) is 1.63. The van der Waals surface area contributed by atoms with Gasteiger partial charge in [0.2, 0.25) is 0 Å². The largest absolute Gasteiger partial charge is 0.477 e. The number of alkyl carbamates (subject to hydrolysis) is 1. The molecule has 1 aromatic heterocycles. The molecule has 0 radical (unpaired) electrons. The molecule has 3 N–H and O–H groups in total. The highest BCUT2D eigenvalue weighted by molar-refractivity contribution is 5.91. The number of carbonyl (C=O) groups excluding carboxylic acids is 1. The lowest BCUT2D eigenvalue weighted by Crippen LogP contribution is -2.36. The fraction of sp³-hybridized carbons (Fsp3) is 0.538. The van der Waals surface area contributed by atoms with Gasteiger partial charge in [0.05, 0.1) is 6.04 Å². The number of ether oxygens (including phenoxy) is 1. The van der Waals surface area contributed by atoms with Crippen LogP contribution in [0.25, 0.3) is 0 Å². The summed E-state index contributed by atoms with van der Waals surface area (Å²) in [6.07, 6.45) is -0.651. The van der Waals surface area contributed by atoms with E-state index in [1.165, 1.54) is 0 Å². The van der Waals surface area contributed by atoms with E-state index >= 15 is 0 Å². The second-order valence-electron chi connectivity index (χ2n) is 5.70. The Labute approximate surface area is 126 Å². The van der Waals surface area contributed by atoms with Gasteiger partial charge in [0.1, 0.15) is 11.3 Å². The third-order valence-corrected chi connectivity index (χ3v) is 2.53. The maximum atomic E-state index is 11.6. The first-order valence-corrected chi connectivity index (χ1v) is 6.54. The molecule has 122 valence electrons. The minimum Gasteiger partial charge on any atom is -0.477 e. The Morgan fingerprint density at radius 3 is 2.36 bits per heavy atom. The highest BCUT2D eigenvalue weighted by atomic mass is 16.6. The number of rotatable bonds is 5. The van der Waals surface area contributed by atoms with Gasteiger partial charge in [-0.05, 0) is 27.7 Å². The highest BCUT2D eigenvalue weighted by Gasteiger charge is 2.22. The van der Waals surface area contributed by atoms with Crippen molar-refractivity contribution in [3.63, 3.8) is 0 Å². The van der Waals surface area contributed by atoms with Gasteiger partial charge in [-0.2, -0.15) is 5.10 Å². The van der Waals surface area contributed by atoms with Crippen LogP contribution in [-0.4, -0.2) is 50.2 Å². The molecule has 1 rings (SSSR count). The van der Waals surface area contributed by atoms with Crippen LogP contribution in [0.4, 0.5) is 4.79 Å². The first kappa shape index (κ1) is 17.5. The van der Waals surface area contributed by atoms with Crippen LogP contribution < -0.4 is 5.32 Å². The van der Waals surface area contributed by atoms with E-state index in [0.717, 1.165) is 10.7 Å². The number of amides is 1. The average Bonchev–Trinajstić information content (AvgIpc) is 2.79. The number of nitrogens with one attached hydrogen (secondary N) is 1. The maximum Gasteiger partial charge on any atom is 0.407 e. The average molecular weight is 313 g/mol. The van der Waals surface area contributed by atoms with Crippen molar-refractivity contribution in [3.05, 3.63) is 17.5 Å². The molecule has 0 saturated heterocycles. The van der Waals surface area contributed by atoms with Crippen LogP contribution in [0.1, 0.15) is 54.7 Å². The summed E-state index contributed by atoms with van der Waals surface area (Å²) < 4.78 is 6.10. The molecule has 1 heterocycles. The zero-order valence-corrected chi connectivity index (χ0v) is 12.8. The van der Waals surface area contributed by atoms with Gasteiger partial charge in [-0.1, -0.05) is 0 Å². The smallest absolute Gasteiger partial charge is 0.407 e. The summed E-state index contributed by atoms with van der Waals surface area (Å²) in [5, 5.41) is 24.2. The van der Waals surface area contributed by atoms with Crippen molar-refractivity contribution in [3.8, 4) is 0 Å². The Bertz CT molecular complexity index is 587. The van der Waals surface area contributed by atoms with Gasteiger partial charge in [0.15, 0.2) is 5.69 Å². The van der Waals surface area contributed by atoms with Crippen LogP contribution >= 0.6 is 0 Å². The number of nitrogens with zero attached hydrogens (tertiary/aromatic N) is 2. The Hall–Kier alpha value is -2.58. The van der Waals surface area contributed by atoms with Gasteiger partial charge in [-0.15, -0.1) is 0 Å². The SMILES string of the molecule is CC(CNC(=O)OC(C)(C)C)n1nc(C(=O)O)cc1C(=O)O. The number of aromatic carboxylic acids is 2. The van der Waals surface area contributed by atoms with E-state index in [2.05, 4.69) is 10.4 Å². The Morgan fingerprint density at radius 1 is 1.32 bits per heavy atom. The molecule has 0 aliphatic heterocycles. The van der Waals surface area contributed by atoms with Crippen molar-refractivity contribution < 1.29 is 29.3 Å². The summed E-state index contributed by atoms with van der Waals surface area (Å²) in [5.41, 5.74) is -1.29. The standard InChI is InChI=1S/C13H19N3O6/c1-7(6-14-12(21)22-13(2,3)4)16-9(11(19)20)5-8(15-16)10(17)18/h5,7H,6H2,1-4H3,(H,14,21)(H,17,18)(H,19,20).